The van der Waals surface area contributed by atoms with E-state index in [1.807, 2.05) is 19.1 Å². The lowest BCUT2D eigenvalue weighted by Crippen LogP contribution is -2.46. The van der Waals surface area contributed by atoms with Crippen molar-refractivity contribution >= 4 is 21.9 Å². The summed E-state index contributed by atoms with van der Waals surface area (Å²) in [5.74, 6) is 0.436. The van der Waals surface area contributed by atoms with Crippen LogP contribution in [0, 0.1) is 0 Å². The summed E-state index contributed by atoms with van der Waals surface area (Å²) in [6, 6.07) is 5.62. The minimum atomic E-state index is -1.10. The Hall–Kier alpha value is -1.23. The zero-order valence-electron chi connectivity index (χ0n) is 10.8. The van der Waals surface area contributed by atoms with Gasteiger partial charge in [0.1, 0.15) is 11.5 Å². The van der Waals surface area contributed by atoms with Crippen molar-refractivity contribution in [2.24, 2.45) is 0 Å². The third-order valence-corrected chi connectivity index (χ3v) is 3.77. The van der Waals surface area contributed by atoms with E-state index in [1.165, 1.54) is 0 Å². The van der Waals surface area contributed by atoms with Crippen LogP contribution in [-0.4, -0.2) is 28.6 Å². The molecule has 1 aliphatic rings. The second-order valence-corrected chi connectivity index (χ2v) is 5.36. The molecule has 1 aromatic carbocycles. The van der Waals surface area contributed by atoms with Gasteiger partial charge < -0.3 is 14.6 Å². The van der Waals surface area contributed by atoms with Crippen molar-refractivity contribution in [1.82, 2.24) is 0 Å². The van der Waals surface area contributed by atoms with Crippen LogP contribution in [0.3, 0.4) is 0 Å². The summed E-state index contributed by atoms with van der Waals surface area (Å²) in [6.45, 7) is 2.40. The molecule has 2 rings (SSSR count). The van der Waals surface area contributed by atoms with E-state index in [9.17, 15) is 9.90 Å². The number of aryl methyl sites for hydroxylation is 1. The van der Waals surface area contributed by atoms with E-state index >= 15 is 0 Å². The van der Waals surface area contributed by atoms with Crippen LogP contribution >= 0.6 is 15.9 Å². The molecular formula is C14H17BrO4. The average molecular weight is 329 g/mol. The standard InChI is InChI=1S/C14H17BrO4/c1-2-14(13(16)17)6-5-10-3-4-11(18-8-7-15)9-12(10)19-14/h3-4,9H,2,5-8H2,1H3,(H,16,17). The Morgan fingerprint density at radius 3 is 3.00 bits per heavy atom. The Bertz CT molecular complexity index is 475. The van der Waals surface area contributed by atoms with Crippen molar-refractivity contribution in [3.8, 4) is 11.5 Å². The highest BCUT2D eigenvalue weighted by Gasteiger charge is 2.42. The number of alkyl halides is 1. The number of fused-ring (bicyclic) bond motifs is 1. The summed E-state index contributed by atoms with van der Waals surface area (Å²) in [5, 5.41) is 10.1. The Balaban J connectivity index is 2.24. The first-order chi connectivity index (χ1) is 9.11. The molecule has 0 saturated carbocycles. The predicted molar refractivity (Wildman–Crippen MR) is 75.3 cm³/mol. The first-order valence-electron chi connectivity index (χ1n) is 6.35. The van der Waals surface area contributed by atoms with Crippen molar-refractivity contribution in [3.05, 3.63) is 23.8 Å². The molecule has 5 heteroatoms. The van der Waals surface area contributed by atoms with Gasteiger partial charge in [-0.3, -0.25) is 0 Å². The number of aliphatic carboxylic acids is 1. The summed E-state index contributed by atoms with van der Waals surface area (Å²) in [4.78, 5) is 11.4. The van der Waals surface area contributed by atoms with E-state index in [2.05, 4.69) is 15.9 Å². The average Bonchev–Trinajstić information content (AvgIpc) is 2.43. The van der Waals surface area contributed by atoms with Crippen molar-refractivity contribution in [2.75, 3.05) is 11.9 Å². The van der Waals surface area contributed by atoms with E-state index in [-0.39, 0.29) is 0 Å². The van der Waals surface area contributed by atoms with Crippen LogP contribution in [0.25, 0.3) is 0 Å². The number of halogens is 1. The molecule has 0 spiro atoms. The minimum absolute atomic E-state index is 0.453. The Kier molecular flexibility index (Phi) is 4.34. The SMILES string of the molecule is CCC1(C(=O)O)CCc2ccc(OCCBr)cc2O1. The fourth-order valence-corrected chi connectivity index (χ4v) is 2.39. The van der Waals surface area contributed by atoms with Gasteiger partial charge in [-0.05, 0) is 24.5 Å². The zero-order chi connectivity index (χ0) is 13.9. The summed E-state index contributed by atoms with van der Waals surface area (Å²) in [6.07, 6.45) is 1.68. The molecule has 0 radical (unpaired) electrons. The first-order valence-corrected chi connectivity index (χ1v) is 7.47. The van der Waals surface area contributed by atoms with Gasteiger partial charge in [-0.25, -0.2) is 4.79 Å². The lowest BCUT2D eigenvalue weighted by Gasteiger charge is -2.34. The van der Waals surface area contributed by atoms with Crippen LogP contribution in [0.1, 0.15) is 25.3 Å². The molecule has 0 aromatic heterocycles. The number of carboxylic acid groups (broad SMARTS) is 1. The van der Waals surface area contributed by atoms with Crippen molar-refractivity contribution in [2.45, 2.75) is 31.8 Å². The molecule has 0 saturated heterocycles. The van der Waals surface area contributed by atoms with E-state index in [4.69, 9.17) is 9.47 Å². The van der Waals surface area contributed by atoms with Gasteiger partial charge in [-0.1, -0.05) is 28.9 Å². The highest BCUT2D eigenvalue weighted by atomic mass is 79.9. The highest BCUT2D eigenvalue weighted by Crippen LogP contribution is 2.37. The maximum atomic E-state index is 11.4. The quantitative estimate of drug-likeness (QED) is 0.844. The second-order valence-electron chi connectivity index (χ2n) is 4.56. The smallest absolute Gasteiger partial charge is 0.348 e. The Labute approximate surface area is 120 Å². The fraction of sp³-hybridized carbons (Fsp3) is 0.500. The van der Waals surface area contributed by atoms with Crippen LogP contribution in [0.5, 0.6) is 11.5 Å². The van der Waals surface area contributed by atoms with Gasteiger partial charge in [0, 0.05) is 17.8 Å². The van der Waals surface area contributed by atoms with E-state index in [0.29, 0.717) is 37.4 Å². The summed E-state index contributed by atoms with van der Waals surface area (Å²) < 4.78 is 11.3. The normalized spacial score (nSPS) is 21.4. The van der Waals surface area contributed by atoms with Crippen molar-refractivity contribution < 1.29 is 19.4 Å². The van der Waals surface area contributed by atoms with Crippen LogP contribution < -0.4 is 9.47 Å². The third kappa shape index (κ3) is 2.86. The topological polar surface area (TPSA) is 55.8 Å². The molecule has 19 heavy (non-hydrogen) atoms. The number of benzene rings is 1. The molecule has 0 amide bonds. The zero-order valence-corrected chi connectivity index (χ0v) is 12.4. The van der Waals surface area contributed by atoms with Crippen LogP contribution in [0.4, 0.5) is 0 Å². The maximum Gasteiger partial charge on any atom is 0.348 e. The van der Waals surface area contributed by atoms with Crippen molar-refractivity contribution in [1.29, 1.82) is 0 Å². The molecule has 1 heterocycles. The minimum Gasteiger partial charge on any atom is -0.493 e. The highest BCUT2D eigenvalue weighted by molar-refractivity contribution is 9.09. The lowest BCUT2D eigenvalue weighted by atomic mass is 9.89. The molecular weight excluding hydrogens is 312 g/mol. The van der Waals surface area contributed by atoms with Crippen molar-refractivity contribution in [3.63, 3.8) is 0 Å². The van der Waals surface area contributed by atoms with Crippen LogP contribution in [0.2, 0.25) is 0 Å². The third-order valence-electron chi connectivity index (χ3n) is 3.45. The molecule has 4 nitrogen and oxygen atoms in total. The number of carboxylic acids is 1. The van der Waals surface area contributed by atoms with E-state index in [0.717, 1.165) is 10.9 Å². The number of carbonyl (C=O) groups is 1. The summed E-state index contributed by atoms with van der Waals surface area (Å²) >= 11 is 3.30. The number of hydrogen-bond donors (Lipinski definition) is 1. The van der Waals surface area contributed by atoms with E-state index in [1.54, 1.807) is 6.07 Å². The van der Waals surface area contributed by atoms with Gasteiger partial charge in [-0.15, -0.1) is 0 Å². The molecule has 0 fully saturated rings. The monoisotopic (exact) mass is 328 g/mol. The molecule has 1 aliphatic heterocycles. The number of hydrogen-bond acceptors (Lipinski definition) is 3. The maximum absolute atomic E-state index is 11.4. The second kappa shape index (κ2) is 5.82. The number of ether oxygens (including phenoxy) is 2. The summed E-state index contributed by atoms with van der Waals surface area (Å²) in [7, 11) is 0. The van der Waals surface area contributed by atoms with E-state index < -0.39 is 11.6 Å². The van der Waals surface area contributed by atoms with Gasteiger partial charge in [-0.2, -0.15) is 0 Å². The first kappa shape index (κ1) is 14.2. The predicted octanol–water partition coefficient (Wildman–Crippen LogP) is 3.02. The fourth-order valence-electron chi connectivity index (χ4n) is 2.23. The number of rotatable bonds is 5. The van der Waals surface area contributed by atoms with Crippen LogP contribution in [-0.2, 0) is 11.2 Å². The largest absolute Gasteiger partial charge is 0.493 e. The van der Waals surface area contributed by atoms with Gasteiger partial charge >= 0.3 is 5.97 Å². The molecule has 0 aliphatic carbocycles. The molecule has 0 bridgehead atoms. The molecule has 1 unspecified atom stereocenters. The Morgan fingerprint density at radius 2 is 2.37 bits per heavy atom. The molecule has 1 N–H and O–H groups in total. The van der Waals surface area contributed by atoms with Gasteiger partial charge in [0.2, 0.25) is 5.60 Å². The Morgan fingerprint density at radius 1 is 1.58 bits per heavy atom. The summed E-state index contributed by atoms with van der Waals surface area (Å²) in [5.41, 5.74) is -0.0577. The van der Waals surface area contributed by atoms with Gasteiger partial charge in [0.15, 0.2) is 0 Å². The molecule has 1 atom stereocenters. The van der Waals surface area contributed by atoms with Crippen LogP contribution in [0.15, 0.2) is 18.2 Å². The molecule has 104 valence electrons. The van der Waals surface area contributed by atoms with Gasteiger partial charge in [0.05, 0.1) is 6.61 Å². The molecule has 1 aromatic rings. The van der Waals surface area contributed by atoms with Gasteiger partial charge in [0.25, 0.3) is 0 Å². The lowest BCUT2D eigenvalue weighted by molar-refractivity contribution is -0.157.